The summed E-state index contributed by atoms with van der Waals surface area (Å²) in [6, 6.07) is 7.58. The van der Waals surface area contributed by atoms with E-state index in [1.165, 1.54) is 12.4 Å². The maximum absolute atomic E-state index is 12.0. The van der Waals surface area contributed by atoms with Crippen molar-refractivity contribution in [2.45, 2.75) is 13.8 Å². The number of pyridine rings is 1. The molecule has 0 atom stereocenters. The van der Waals surface area contributed by atoms with Crippen molar-refractivity contribution in [1.82, 2.24) is 15.0 Å². The van der Waals surface area contributed by atoms with Gasteiger partial charge in [0.05, 0.1) is 0 Å². The highest BCUT2D eigenvalue weighted by Gasteiger charge is 2.08. The number of nitrogens with one attached hydrogen (secondary N) is 2. The topological polar surface area (TPSA) is 70.7 Å². The van der Waals surface area contributed by atoms with Crippen LogP contribution in [0, 0.1) is 13.8 Å². The van der Waals surface area contributed by atoms with E-state index >= 15 is 0 Å². The van der Waals surface area contributed by atoms with E-state index < -0.39 is 0 Å². The number of aromatic amines is 1. The first-order chi connectivity index (χ1) is 9.65. The van der Waals surface area contributed by atoms with Crippen molar-refractivity contribution < 1.29 is 0 Å². The van der Waals surface area contributed by atoms with Gasteiger partial charge in [0.1, 0.15) is 23.2 Å². The largest absolute Gasteiger partial charge is 0.346 e. The molecule has 100 valence electrons. The smallest absolute Gasteiger partial charge is 0.194 e. The van der Waals surface area contributed by atoms with Gasteiger partial charge in [-0.3, -0.25) is 4.79 Å². The van der Waals surface area contributed by atoms with Gasteiger partial charge in [-0.2, -0.15) is 0 Å². The standard InChI is InChI=1S/C15H14N4O/c1-9-3-4-10(2)11(7-9)19-15-13-12(20)5-6-16-14(13)17-8-18-15/h3-8H,1-2H3,(H2,16,17,18,19,20). The van der Waals surface area contributed by atoms with Crippen LogP contribution in [0.2, 0.25) is 0 Å². The van der Waals surface area contributed by atoms with Crippen molar-refractivity contribution in [2.75, 3.05) is 5.32 Å². The number of H-pyrrole nitrogens is 1. The van der Waals surface area contributed by atoms with Gasteiger partial charge >= 0.3 is 0 Å². The Morgan fingerprint density at radius 3 is 2.85 bits per heavy atom. The molecule has 2 aromatic heterocycles. The van der Waals surface area contributed by atoms with Gasteiger partial charge in [-0.1, -0.05) is 12.1 Å². The van der Waals surface area contributed by atoms with Crippen LogP contribution < -0.4 is 10.7 Å². The van der Waals surface area contributed by atoms with Crippen molar-refractivity contribution in [1.29, 1.82) is 0 Å². The van der Waals surface area contributed by atoms with E-state index in [1.807, 2.05) is 32.0 Å². The minimum atomic E-state index is -0.104. The van der Waals surface area contributed by atoms with Crippen LogP contribution in [0.1, 0.15) is 11.1 Å². The molecule has 0 aliphatic rings. The molecule has 2 heterocycles. The second-order valence-corrected chi connectivity index (χ2v) is 4.73. The average Bonchev–Trinajstić information content (AvgIpc) is 2.43. The van der Waals surface area contributed by atoms with E-state index in [2.05, 4.69) is 20.3 Å². The van der Waals surface area contributed by atoms with Crippen LogP contribution in [0.5, 0.6) is 0 Å². The number of nitrogens with zero attached hydrogens (tertiary/aromatic N) is 2. The molecule has 1 aromatic carbocycles. The monoisotopic (exact) mass is 266 g/mol. The summed E-state index contributed by atoms with van der Waals surface area (Å²) in [5.41, 5.74) is 3.60. The Morgan fingerprint density at radius 1 is 1.15 bits per heavy atom. The van der Waals surface area contributed by atoms with Gasteiger partial charge < -0.3 is 10.3 Å². The lowest BCUT2D eigenvalue weighted by molar-refractivity contribution is 1.17. The summed E-state index contributed by atoms with van der Waals surface area (Å²) >= 11 is 0. The Morgan fingerprint density at radius 2 is 2.00 bits per heavy atom. The van der Waals surface area contributed by atoms with E-state index in [9.17, 15) is 4.79 Å². The highest BCUT2D eigenvalue weighted by atomic mass is 16.1. The van der Waals surface area contributed by atoms with Gasteiger partial charge in [-0.15, -0.1) is 0 Å². The third-order valence-electron chi connectivity index (χ3n) is 3.19. The Bertz CT molecular complexity index is 833. The molecule has 0 aliphatic carbocycles. The molecule has 3 aromatic rings. The lowest BCUT2D eigenvalue weighted by atomic mass is 10.1. The number of anilines is 2. The Hall–Kier alpha value is -2.69. The van der Waals surface area contributed by atoms with Crippen molar-refractivity contribution in [3.8, 4) is 0 Å². The van der Waals surface area contributed by atoms with Crippen LogP contribution in [0.25, 0.3) is 11.0 Å². The van der Waals surface area contributed by atoms with E-state index in [1.54, 1.807) is 6.20 Å². The highest BCUT2D eigenvalue weighted by molar-refractivity contribution is 5.88. The van der Waals surface area contributed by atoms with Crippen LogP contribution >= 0.6 is 0 Å². The number of fused-ring (bicyclic) bond motifs is 1. The summed E-state index contributed by atoms with van der Waals surface area (Å²) in [5.74, 6) is 0.519. The first kappa shape index (κ1) is 12.3. The Labute approximate surface area is 115 Å². The summed E-state index contributed by atoms with van der Waals surface area (Å²) < 4.78 is 0. The normalized spacial score (nSPS) is 10.7. The zero-order valence-corrected chi connectivity index (χ0v) is 11.3. The minimum Gasteiger partial charge on any atom is -0.346 e. The molecule has 5 heteroatoms. The fourth-order valence-corrected chi connectivity index (χ4v) is 2.10. The molecular formula is C15H14N4O. The maximum Gasteiger partial charge on any atom is 0.194 e. The van der Waals surface area contributed by atoms with E-state index in [4.69, 9.17) is 0 Å². The average molecular weight is 266 g/mol. The molecule has 3 rings (SSSR count). The number of benzene rings is 1. The van der Waals surface area contributed by atoms with Crippen LogP contribution in [0.3, 0.4) is 0 Å². The van der Waals surface area contributed by atoms with Crippen LogP contribution in [0.15, 0.2) is 41.6 Å². The van der Waals surface area contributed by atoms with Gasteiger partial charge in [0.25, 0.3) is 0 Å². The third kappa shape index (κ3) is 2.14. The number of aryl methyl sites for hydroxylation is 2. The molecule has 0 radical (unpaired) electrons. The quantitative estimate of drug-likeness (QED) is 0.748. The summed E-state index contributed by atoms with van der Waals surface area (Å²) in [4.78, 5) is 23.2. The number of hydrogen-bond acceptors (Lipinski definition) is 4. The van der Waals surface area contributed by atoms with Gasteiger partial charge in [0, 0.05) is 18.0 Å². The zero-order valence-electron chi connectivity index (χ0n) is 11.3. The molecular weight excluding hydrogens is 252 g/mol. The maximum atomic E-state index is 12.0. The van der Waals surface area contributed by atoms with Crippen molar-refractivity contribution in [3.05, 3.63) is 58.1 Å². The minimum absolute atomic E-state index is 0.104. The second-order valence-electron chi connectivity index (χ2n) is 4.73. The number of hydrogen-bond donors (Lipinski definition) is 2. The fraction of sp³-hybridized carbons (Fsp3) is 0.133. The molecule has 0 unspecified atom stereocenters. The van der Waals surface area contributed by atoms with Gasteiger partial charge in [0.2, 0.25) is 0 Å². The zero-order chi connectivity index (χ0) is 14.1. The third-order valence-corrected chi connectivity index (χ3v) is 3.19. The van der Waals surface area contributed by atoms with Crippen LogP contribution in [-0.2, 0) is 0 Å². The second kappa shape index (κ2) is 4.77. The molecule has 0 saturated heterocycles. The molecule has 0 fully saturated rings. The lowest BCUT2D eigenvalue weighted by Crippen LogP contribution is -2.07. The van der Waals surface area contributed by atoms with Crippen LogP contribution in [-0.4, -0.2) is 15.0 Å². The molecule has 0 bridgehead atoms. The number of rotatable bonds is 2. The summed E-state index contributed by atoms with van der Waals surface area (Å²) in [5, 5.41) is 3.69. The molecule has 0 aliphatic heterocycles. The molecule has 20 heavy (non-hydrogen) atoms. The van der Waals surface area contributed by atoms with Gasteiger partial charge in [-0.25, -0.2) is 9.97 Å². The first-order valence-electron chi connectivity index (χ1n) is 6.32. The predicted octanol–water partition coefficient (Wildman–Crippen LogP) is 2.68. The van der Waals surface area contributed by atoms with Crippen LogP contribution in [0.4, 0.5) is 11.5 Å². The lowest BCUT2D eigenvalue weighted by Gasteiger charge is -2.11. The molecule has 0 amide bonds. The van der Waals surface area contributed by atoms with Crippen molar-refractivity contribution >= 4 is 22.5 Å². The Kier molecular flexibility index (Phi) is 2.95. The fourth-order valence-electron chi connectivity index (χ4n) is 2.10. The predicted molar refractivity (Wildman–Crippen MR) is 79.4 cm³/mol. The highest BCUT2D eigenvalue weighted by Crippen LogP contribution is 2.23. The van der Waals surface area contributed by atoms with E-state index in [0.29, 0.717) is 16.9 Å². The van der Waals surface area contributed by atoms with Crippen molar-refractivity contribution in [2.24, 2.45) is 0 Å². The first-order valence-corrected chi connectivity index (χ1v) is 6.32. The van der Waals surface area contributed by atoms with E-state index in [-0.39, 0.29) is 5.43 Å². The summed E-state index contributed by atoms with van der Waals surface area (Å²) in [6.07, 6.45) is 3.02. The molecule has 0 saturated carbocycles. The molecule has 0 spiro atoms. The Balaban J connectivity index is 2.16. The molecule has 2 N–H and O–H groups in total. The summed E-state index contributed by atoms with van der Waals surface area (Å²) in [6.45, 7) is 4.03. The SMILES string of the molecule is Cc1ccc(C)c(Nc2ncnc3[nH]ccc(=O)c23)c1. The summed E-state index contributed by atoms with van der Waals surface area (Å²) in [7, 11) is 0. The molecule has 5 nitrogen and oxygen atoms in total. The van der Waals surface area contributed by atoms with Crippen molar-refractivity contribution in [3.63, 3.8) is 0 Å². The number of aromatic nitrogens is 3. The van der Waals surface area contributed by atoms with Gasteiger partial charge in [0.15, 0.2) is 5.43 Å². The van der Waals surface area contributed by atoms with Gasteiger partial charge in [-0.05, 0) is 31.0 Å². The van der Waals surface area contributed by atoms with E-state index in [0.717, 1.165) is 16.8 Å².